The second-order valence-corrected chi connectivity index (χ2v) is 6.44. The molecule has 23 heavy (non-hydrogen) atoms. The van der Waals surface area contributed by atoms with Crippen molar-refractivity contribution in [1.29, 1.82) is 0 Å². The Morgan fingerprint density at radius 3 is 2.57 bits per heavy atom. The molecule has 4 nitrogen and oxygen atoms in total. The molecule has 0 amide bonds. The highest BCUT2D eigenvalue weighted by atomic mass is 19.1. The van der Waals surface area contributed by atoms with Gasteiger partial charge in [0.15, 0.2) is 5.82 Å². The largest absolute Gasteiger partial charge is 0.473 e. The summed E-state index contributed by atoms with van der Waals surface area (Å²) in [6, 6.07) is 10.8. The van der Waals surface area contributed by atoms with Gasteiger partial charge in [-0.1, -0.05) is 30.3 Å². The molecule has 1 atom stereocenters. The summed E-state index contributed by atoms with van der Waals surface area (Å²) >= 11 is 0. The van der Waals surface area contributed by atoms with Crippen LogP contribution in [0.2, 0.25) is 0 Å². The molecule has 0 aliphatic carbocycles. The van der Waals surface area contributed by atoms with E-state index in [2.05, 4.69) is 10.3 Å². The number of aromatic nitrogens is 1. The van der Waals surface area contributed by atoms with Gasteiger partial charge in [-0.2, -0.15) is 0 Å². The number of halogens is 1. The molecule has 0 aliphatic heterocycles. The molecule has 0 radical (unpaired) electrons. The average molecular weight is 318 g/mol. The van der Waals surface area contributed by atoms with E-state index in [4.69, 9.17) is 4.74 Å². The molecule has 1 aromatic carbocycles. The minimum Gasteiger partial charge on any atom is -0.473 e. The fourth-order valence-corrected chi connectivity index (χ4v) is 2.02. The molecule has 1 heterocycles. The highest BCUT2D eigenvalue weighted by Crippen LogP contribution is 2.27. The first-order chi connectivity index (χ1) is 10.9. The zero-order valence-electron chi connectivity index (χ0n) is 13.7. The van der Waals surface area contributed by atoms with Crippen LogP contribution in [-0.2, 0) is 0 Å². The maximum atomic E-state index is 14.5. The van der Waals surface area contributed by atoms with Crippen LogP contribution in [-0.4, -0.2) is 34.9 Å². The maximum absolute atomic E-state index is 14.5. The van der Waals surface area contributed by atoms with Crippen LogP contribution in [0.1, 0.15) is 20.8 Å². The van der Waals surface area contributed by atoms with Gasteiger partial charge in [0.05, 0.1) is 0 Å². The summed E-state index contributed by atoms with van der Waals surface area (Å²) in [5, 5.41) is 13.1. The van der Waals surface area contributed by atoms with Crippen LogP contribution >= 0.6 is 0 Å². The lowest BCUT2D eigenvalue weighted by Gasteiger charge is -2.22. The van der Waals surface area contributed by atoms with Crippen molar-refractivity contribution in [2.24, 2.45) is 0 Å². The van der Waals surface area contributed by atoms with E-state index in [9.17, 15) is 9.50 Å². The Morgan fingerprint density at radius 1 is 1.22 bits per heavy atom. The molecule has 1 aromatic heterocycles. The van der Waals surface area contributed by atoms with Crippen LogP contribution in [0, 0.1) is 5.82 Å². The molecule has 0 aliphatic rings. The number of hydrogen-bond acceptors (Lipinski definition) is 4. The summed E-state index contributed by atoms with van der Waals surface area (Å²) in [5.41, 5.74) is 1.09. The van der Waals surface area contributed by atoms with Crippen molar-refractivity contribution in [2.75, 3.05) is 13.2 Å². The summed E-state index contributed by atoms with van der Waals surface area (Å²) in [4.78, 5) is 3.92. The van der Waals surface area contributed by atoms with Crippen molar-refractivity contribution in [2.45, 2.75) is 32.4 Å². The van der Waals surface area contributed by atoms with Crippen LogP contribution in [0.5, 0.6) is 5.88 Å². The third kappa shape index (κ3) is 5.30. The van der Waals surface area contributed by atoms with Gasteiger partial charge in [-0.05, 0) is 32.4 Å². The Morgan fingerprint density at radius 2 is 1.91 bits per heavy atom. The normalized spacial score (nSPS) is 12.9. The molecule has 2 rings (SSSR count). The van der Waals surface area contributed by atoms with Crippen LogP contribution in [0.4, 0.5) is 4.39 Å². The number of nitrogens with one attached hydrogen (secondary N) is 1. The minimum absolute atomic E-state index is 0.0226. The number of hydrogen-bond donors (Lipinski definition) is 2. The molecule has 2 N–H and O–H groups in total. The predicted octanol–water partition coefficient (Wildman–Crippen LogP) is 3.02. The number of rotatable bonds is 6. The summed E-state index contributed by atoms with van der Waals surface area (Å²) < 4.78 is 19.8. The minimum atomic E-state index is -0.740. The molecule has 0 bridgehead atoms. The number of pyridine rings is 1. The third-order valence-corrected chi connectivity index (χ3v) is 3.22. The molecular weight excluding hydrogens is 295 g/mol. The van der Waals surface area contributed by atoms with Crippen molar-refractivity contribution >= 4 is 0 Å². The standard InChI is InChI=1S/C18H23FN2O2/c1-18(2,3)21-11-14(22)12-23-17-16(19)15(9-10-20-17)13-7-5-4-6-8-13/h4-10,14,21-22H,11-12H2,1-3H3. The van der Waals surface area contributed by atoms with E-state index in [-0.39, 0.29) is 18.0 Å². The number of ether oxygens (including phenoxy) is 1. The van der Waals surface area contributed by atoms with Gasteiger partial charge in [-0.25, -0.2) is 9.37 Å². The highest BCUT2D eigenvalue weighted by molar-refractivity contribution is 5.64. The van der Waals surface area contributed by atoms with E-state index >= 15 is 0 Å². The Hall–Kier alpha value is -1.98. The summed E-state index contributed by atoms with van der Waals surface area (Å²) in [6.07, 6.45) is 0.761. The number of benzene rings is 1. The van der Waals surface area contributed by atoms with Crippen molar-refractivity contribution in [3.05, 3.63) is 48.4 Å². The second kappa shape index (κ2) is 7.53. The van der Waals surface area contributed by atoms with Crippen molar-refractivity contribution in [1.82, 2.24) is 10.3 Å². The van der Waals surface area contributed by atoms with E-state index in [1.165, 1.54) is 6.20 Å². The van der Waals surface area contributed by atoms with E-state index in [1.54, 1.807) is 6.07 Å². The van der Waals surface area contributed by atoms with Crippen molar-refractivity contribution in [3.8, 4) is 17.0 Å². The lowest BCUT2D eigenvalue weighted by molar-refractivity contribution is 0.0955. The van der Waals surface area contributed by atoms with Crippen LogP contribution in [0.3, 0.4) is 0 Å². The Kier molecular flexibility index (Phi) is 5.69. The molecule has 0 saturated carbocycles. The van der Waals surface area contributed by atoms with E-state index in [0.29, 0.717) is 12.1 Å². The van der Waals surface area contributed by atoms with Crippen LogP contribution in [0.25, 0.3) is 11.1 Å². The van der Waals surface area contributed by atoms with Gasteiger partial charge in [-0.15, -0.1) is 0 Å². The summed E-state index contributed by atoms with van der Waals surface area (Å²) in [5.74, 6) is -0.615. The lowest BCUT2D eigenvalue weighted by Crippen LogP contribution is -2.42. The van der Waals surface area contributed by atoms with E-state index in [0.717, 1.165) is 5.56 Å². The molecule has 0 saturated heterocycles. The Bertz CT molecular complexity index is 627. The molecule has 124 valence electrons. The summed E-state index contributed by atoms with van der Waals surface area (Å²) in [6.45, 7) is 6.36. The Balaban J connectivity index is 2.01. The quantitative estimate of drug-likeness (QED) is 0.860. The van der Waals surface area contributed by atoms with E-state index < -0.39 is 11.9 Å². The molecular formula is C18H23FN2O2. The molecule has 0 spiro atoms. The first-order valence-corrected chi connectivity index (χ1v) is 7.62. The smallest absolute Gasteiger partial charge is 0.251 e. The zero-order chi connectivity index (χ0) is 16.9. The number of β-amino-alcohol motifs (C(OH)–C–C–N with tert-alkyl or cyclic N) is 1. The van der Waals surface area contributed by atoms with Crippen molar-refractivity contribution < 1.29 is 14.2 Å². The molecule has 1 unspecified atom stereocenters. The fraction of sp³-hybridized carbons (Fsp3) is 0.389. The number of aliphatic hydroxyl groups is 1. The zero-order valence-corrected chi connectivity index (χ0v) is 13.7. The SMILES string of the molecule is CC(C)(C)NCC(O)COc1nccc(-c2ccccc2)c1F. The van der Waals surface area contributed by atoms with E-state index in [1.807, 2.05) is 51.1 Å². The second-order valence-electron chi connectivity index (χ2n) is 6.44. The van der Waals surface area contributed by atoms with Gasteiger partial charge < -0.3 is 15.2 Å². The van der Waals surface area contributed by atoms with Gasteiger partial charge in [0.2, 0.25) is 0 Å². The fourth-order valence-electron chi connectivity index (χ4n) is 2.02. The number of nitrogens with zero attached hydrogens (tertiary/aromatic N) is 1. The lowest BCUT2D eigenvalue weighted by atomic mass is 10.1. The topological polar surface area (TPSA) is 54.4 Å². The third-order valence-electron chi connectivity index (χ3n) is 3.22. The predicted molar refractivity (Wildman–Crippen MR) is 88.9 cm³/mol. The summed E-state index contributed by atoms with van der Waals surface area (Å²) in [7, 11) is 0. The maximum Gasteiger partial charge on any atom is 0.251 e. The molecule has 5 heteroatoms. The van der Waals surface area contributed by atoms with Gasteiger partial charge in [-0.3, -0.25) is 0 Å². The van der Waals surface area contributed by atoms with Gasteiger partial charge in [0.25, 0.3) is 5.88 Å². The average Bonchev–Trinajstić information content (AvgIpc) is 2.52. The van der Waals surface area contributed by atoms with Crippen molar-refractivity contribution in [3.63, 3.8) is 0 Å². The first-order valence-electron chi connectivity index (χ1n) is 7.62. The molecule has 0 fully saturated rings. The van der Waals surface area contributed by atoms with Crippen LogP contribution < -0.4 is 10.1 Å². The molecule has 2 aromatic rings. The monoisotopic (exact) mass is 318 g/mol. The van der Waals surface area contributed by atoms with Crippen LogP contribution in [0.15, 0.2) is 42.6 Å². The van der Waals surface area contributed by atoms with Gasteiger partial charge >= 0.3 is 0 Å². The van der Waals surface area contributed by atoms with Gasteiger partial charge in [0, 0.05) is 23.8 Å². The first kappa shape index (κ1) is 17.4. The van der Waals surface area contributed by atoms with Gasteiger partial charge in [0.1, 0.15) is 12.7 Å². The number of aliphatic hydroxyl groups excluding tert-OH is 1. The highest BCUT2D eigenvalue weighted by Gasteiger charge is 2.16. The Labute approximate surface area is 136 Å².